The number of halogens is 1. The van der Waals surface area contributed by atoms with Gasteiger partial charge >= 0.3 is 0 Å². The predicted octanol–water partition coefficient (Wildman–Crippen LogP) is 2.95. The summed E-state index contributed by atoms with van der Waals surface area (Å²) in [5, 5.41) is 1.10. The Morgan fingerprint density at radius 1 is 1.33 bits per heavy atom. The highest BCUT2D eigenvalue weighted by molar-refractivity contribution is 5.93. The van der Waals surface area contributed by atoms with E-state index in [1.807, 2.05) is 0 Å². The van der Waals surface area contributed by atoms with Gasteiger partial charge in [-0.15, -0.1) is 0 Å². The molecule has 2 rings (SSSR count). The lowest BCUT2D eigenvalue weighted by Gasteiger charge is -2.14. The first-order chi connectivity index (χ1) is 10.0. The molecule has 0 radical (unpaired) electrons. The summed E-state index contributed by atoms with van der Waals surface area (Å²) >= 11 is 0. The maximum absolute atomic E-state index is 13.1. The molecule has 0 saturated carbocycles. The van der Waals surface area contributed by atoms with Crippen molar-refractivity contribution in [3.63, 3.8) is 0 Å². The van der Waals surface area contributed by atoms with E-state index in [9.17, 15) is 9.18 Å². The number of carbonyl (C=O) groups is 1. The molecule has 6 heteroatoms. The number of rotatable bonds is 4. The predicted molar refractivity (Wildman–Crippen MR) is 74.6 cm³/mol. The van der Waals surface area contributed by atoms with Crippen LogP contribution >= 0.6 is 0 Å². The number of hydroxylamine groups is 2. The first-order valence-corrected chi connectivity index (χ1v) is 6.23. The van der Waals surface area contributed by atoms with E-state index in [0.29, 0.717) is 22.8 Å². The summed E-state index contributed by atoms with van der Waals surface area (Å²) < 4.78 is 18.6. The van der Waals surface area contributed by atoms with Crippen LogP contribution in [0.25, 0.3) is 0 Å². The third kappa shape index (κ3) is 3.55. The lowest BCUT2D eigenvalue weighted by molar-refractivity contribution is -0.0757. The largest absolute Gasteiger partial charge is 0.439 e. The van der Waals surface area contributed by atoms with Gasteiger partial charge in [0.05, 0.1) is 12.7 Å². The van der Waals surface area contributed by atoms with E-state index in [-0.39, 0.29) is 5.91 Å². The van der Waals surface area contributed by atoms with Crippen LogP contribution in [0.2, 0.25) is 0 Å². The van der Waals surface area contributed by atoms with Crippen LogP contribution in [0.5, 0.6) is 11.6 Å². The van der Waals surface area contributed by atoms with Gasteiger partial charge in [-0.2, -0.15) is 0 Å². The van der Waals surface area contributed by atoms with Crippen molar-refractivity contribution >= 4 is 5.91 Å². The van der Waals surface area contributed by atoms with Crippen LogP contribution in [0, 0.1) is 12.7 Å². The van der Waals surface area contributed by atoms with Gasteiger partial charge in [0.15, 0.2) is 0 Å². The quantitative estimate of drug-likeness (QED) is 0.812. The Bertz CT molecular complexity index is 661. The highest BCUT2D eigenvalue weighted by Gasteiger charge is 2.14. The number of aromatic nitrogens is 1. The summed E-state index contributed by atoms with van der Waals surface area (Å²) in [4.78, 5) is 20.8. The zero-order valence-corrected chi connectivity index (χ0v) is 12.0. The van der Waals surface area contributed by atoms with Crippen LogP contribution in [0.15, 0.2) is 36.5 Å². The molecule has 0 saturated heterocycles. The smallest absolute Gasteiger partial charge is 0.278 e. The molecule has 0 N–H and O–H groups in total. The molecule has 0 aliphatic heterocycles. The van der Waals surface area contributed by atoms with Crippen LogP contribution in [0.3, 0.4) is 0 Å². The van der Waals surface area contributed by atoms with Crippen molar-refractivity contribution in [1.82, 2.24) is 10.0 Å². The Morgan fingerprint density at radius 3 is 2.71 bits per heavy atom. The topological polar surface area (TPSA) is 51.7 Å². The molecular formula is C15H15FN2O3. The molecule has 0 bridgehead atoms. The first kappa shape index (κ1) is 14.9. The summed E-state index contributed by atoms with van der Waals surface area (Å²) in [7, 11) is 2.91. The van der Waals surface area contributed by atoms with Crippen LogP contribution in [-0.2, 0) is 4.84 Å². The number of ether oxygens (including phenoxy) is 1. The maximum atomic E-state index is 13.1. The van der Waals surface area contributed by atoms with Crippen molar-refractivity contribution in [3.05, 3.63) is 53.5 Å². The fourth-order valence-corrected chi connectivity index (χ4v) is 1.69. The van der Waals surface area contributed by atoms with E-state index in [0.717, 1.165) is 5.06 Å². The lowest BCUT2D eigenvalue weighted by atomic mass is 10.2. The number of nitrogens with zero attached hydrogens (tertiary/aromatic N) is 2. The van der Waals surface area contributed by atoms with E-state index in [1.165, 1.54) is 32.5 Å². The van der Waals surface area contributed by atoms with Crippen LogP contribution in [0.4, 0.5) is 4.39 Å². The standard InChI is InChI=1S/C15H15FN2O3/c1-10-7-11(15(19)18(2)20-3)9-17-14(10)21-13-6-4-5-12(16)8-13/h4-9H,1-3H3. The molecule has 21 heavy (non-hydrogen) atoms. The minimum Gasteiger partial charge on any atom is -0.439 e. The van der Waals surface area contributed by atoms with Gasteiger partial charge in [0.25, 0.3) is 5.91 Å². The molecule has 2 aromatic rings. The summed E-state index contributed by atoms with van der Waals surface area (Å²) in [5.41, 5.74) is 1.04. The molecule has 1 heterocycles. The van der Waals surface area contributed by atoms with E-state index >= 15 is 0 Å². The fraction of sp³-hybridized carbons (Fsp3) is 0.200. The normalized spacial score (nSPS) is 10.3. The summed E-state index contributed by atoms with van der Waals surface area (Å²) in [6, 6.07) is 7.40. The second kappa shape index (κ2) is 6.32. The van der Waals surface area contributed by atoms with Gasteiger partial charge in [0.2, 0.25) is 5.88 Å². The highest BCUT2D eigenvalue weighted by atomic mass is 19.1. The minimum absolute atomic E-state index is 0.314. The van der Waals surface area contributed by atoms with Gasteiger partial charge < -0.3 is 4.74 Å². The van der Waals surface area contributed by atoms with Crippen molar-refractivity contribution in [2.75, 3.05) is 14.2 Å². The summed E-state index contributed by atoms with van der Waals surface area (Å²) in [6.07, 6.45) is 1.39. The molecule has 0 unspecified atom stereocenters. The molecule has 1 aromatic heterocycles. The second-order valence-corrected chi connectivity index (χ2v) is 4.39. The van der Waals surface area contributed by atoms with Gasteiger partial charge in [-0.05, 0) is 25.1 Å². The van der Waals surface area contributed by atoms with Gasteiger partial charge in [-0.3, -0.25) is 9.63 Å². The van der Waals surface area contributed by atoms with Crippen molar-refractivity contribution < 1.29 is 18.8 Å². The number of amides is 1. The molecule has 110 valence electrons. The van der Waals surface area contributed by atoms with Crippen LogP contribution in [-0.4, -0.2) is 30.1 Å². The molecule has 1 aromatic carbocycles. The number of hydrogen-bond acceptors (Lipinski definition) is 4. The number of hydrogen-bond donors (Lipinski definition) is 0. The van der Waals surface area contributed by atoms with E-state index in [4.69, 9.17) is 9.57 Å². The van der Waals surface area contributed by atoms with Gasteiger partial charge in [-0.25, -0.2) is 14.4 Å². The third-order valence-corrected chi connectivity index (χ3v) is 2.85. The SMILES string of the molecule is CON(C)C(=O)c1cnc(Oc2cccc(F)c2)c(C)c1. The highest BCUT2D eigenvalue weighted by Crippen LogP contribution is 2.24. The van der Waals surface area contributed by atoms with Crippen LogP contribution < -0.4 is 4.74 Å². The molecule has 0 atom stereocenters. The molecular weight excluding hydrogens is 275 g/mol. The lowest BCUT2D eigenvalue weighted by Crippen LogP contribution is -2.25. The molecule has 1 amide bonds. The van der Waals surface area contributed by atoms with Gasteiger partial charge in [-0.1, -0.05) is 6.07 Å². The number of pyridine rings is 1. The van der Waals surface area contributed by atoms with Crippen molar-refractivity contribution in [2.24, 2.45) is 0 Å². The zero-order chi connectivity index (χ0) is 15.4. The third-order valence-electron chi connectivity index (χ3n) is 2.85. The number of carbonyl (C=O) groups excluding carboxylic acids is 1. The van der Waals surface area contributed by atoms with E-state index in [2.05, 4.69) is 4.98 Å². The maximum Gasteiger partial charge on any atom is 0.278 e. The van der Waals surface area contributed by atoms with Crippen LogP contribution in [0.1, 0.15) is 15.9 Å². The molecule has 0 aliphatic carbocycles. The van der Waals surface area contributed by atoms with Crippen molar-refractivity contribution in [3.8, 4) is 11.6 Å². The summed E-state index contributed by atoms with van der Waals surface area (Å²) in [5.74, 6) is -0.0417. The van der Waals surface area contributed by atoms with Gasteiger partial charge in [0, 0.05) is 24.9 Å². The summed E-state index contributed by atoms with van der Waals surface area (Å²) in [6.45, 7) is 1.76. The van der Waals surface area contributed by atoms with E-state index in [1.54, 1.807) is 25.1 Å². The molecule has 0 fully saturated rings. The average Bonchev–Trinajstić information content (AvgIpc) is 2.48. The number of aryl methyl sites for hydroxylation is 1. The monoisotopic (exact) mass is 290 g/mol. The Labute approximate surface area is 121 Å². The molecule has 5 nitrogen and oxygen atoms in total. The Morgan fingerprint density at radius 2 is 2.10 bits per heavy atom. The Hall–Kier alpha value is -2.47. The Kier molecular flexibility index (Phi) is 4.49. The Balaban J connectivity index is 2.22. The number of benzene rings is 1. The van der Waals surface area contributed by atoms with Gasteiger partial charge in [0.1, 0.15) is 11.6 Å². The fourth-order valence-electron chi connectivity index (χ4n) is 1.69. The van der Waals surface area contributed by atoms with E-state index < -0.39 is 5.82 Å². The first-order valence-electron chi connectivity index (χ1n) is 6.23. The van der Waals surface area contributed by atoms with Crippen molar-refractivity contribution in [2.45, 2.75) is 6.92 Å². The minimum atomic E-state index is -0.390. The molecule has 0 spiro atoms. The molecule has 0 aliphatic rings. The van der Waals surface area contributed by atoms with Crippen molar-refractivity contribution in [1.29, 1.82) is 0 Å². The zero-order valence-electron chi connectivity index (χ0n) is 12.0. The second-order valence-electron chi connectivity index (χ2n) is 4.39. The average molecular weight is 290 g/mol.